The molecule has 3 aliphatic rings. The summed E-state index contributed by atoms with van der Waals surface area (Å²) in [7, 11) is 4.10. The number of nitrogens with zero attached hydrogens (tertiary/aromatic N) is 3. The summed E-state index contributed by atoms with van der Waals surface area (Å²) in [6.45, 7) is 1.76. The van der Waals surface area contributed by atoms with Gasteiger partial charge in [-0.15, -0.1) is 0 Å². The normalized spacial score (nSPS) is 24.2. The van der Waals surface area contributed by atoms with Crippen LogP contribution >= 0.6 is 0 Å². The molecule has 0 spiro atoms. The van der Waals surface area contributed by atoms with Crippen LogP contribution in [0.25, 0.3) is 0 Å². The first-order chi connectivity index (χ1) is 15.6. The number of fused-ring (bicyclic) bond motifs is 7. The van der Waals surface area contributed by atoms with Crippen molar-refractivity contribution in [2.24, 2.45) is 0 Å². The predicted molar refractivity (Wildman–Crippen MR) is 128 cm³/mol. The Hall–Kier alpha value is -3.11. The van der Waals surface area contributed by atoms with Crippen molar-refractivity contribution < 1.29 is 4.79 Å². The van der Waals surface area contributed by atoms with Crippen LogP contribution in [0.1, 0.15) is 45.9 Å². The number of benzene rings is 3. The lowest BCUT2D eigenvalue weighted by Gasteiger charge is -2.55. The van der Waals surface area contributed by atoms with Gasteiger partial charge in [-0.05, 0) is 52.8 Å². The van der Waals surface area contributed by atoms with Gasteiger partial charge < -0.3 is 9.80 Å². The first-order valence-corrected chi connectivity index (χ1v) is 11.6. The Balaban J connectivity index is 1.51. The van der Waals surface area contributed by atoms with Gasteiger partial charge in [-0.25, -0.2) is 0 Å². The van der Waals surface area contributed by atoms with Gasteiger partial charge in [-0.1, -0.05) is 60.7 Å². The van der Waals surface area contributed by atoms with Crippen molar-refractivity contribution in [3.05, 3.63) is 101 Å². The van der Waals surface area contributed by atoms with Crippen molar-refractivity contribution in [3.8, 4) is 0 Å². The lowest BCUT2D eigenvalue weighted by molar-refractivity contribution is -0.155. The molecule has 1 fully saturated rings. The van der Waals surface area contributed by atoms with E-state index < -0.39 is 0 Å². The van der Waals surface area contributed by atoms with Crippen LogP contribution in [0.5, 0.6) is 0 Å². The maximum Gasteiger partial charge on any atom is 0.233 e. The lowest BCUT2D eigenvalue weighted by atomic mass is 9.76. The largest absolute Gasteiger partial charge is 0.378 e. The quantitative estimate of drug-likeness (QED) is 0.606. The summed E-state index contributed by atoms with van der Waals surface area (Å²) in [6.07, 6.45) is 1.99. The number of hydrogen-bond acceptors (Lipinski definition) is 3. The number of carbonyl (C=O) groups is 1. The summed E-state index contributed by atoms with van der Waals surface area (Å²) in [5, 5.41) is 0. The molecule has 0 bridgehead atoms. The van der Waals surface area contributed by atoms with E-state index in [1.807, 2.05) is 0 Å². The third-order valence-corrected chi connectivity index (χ3v) is 7.57. The highest BCUT2D eigenvalue weighted by molar-refractivity contribution is 5.87. The topological polar surface area (TPSA) is 26.8 Å². The van der Waals surface area contributed by atoms with E-state index in [9.17, 15) is 4.79 Å². The first-order valence-electron chi connectivity index (χ1n) is 11.6. The van der Waals surface area contributed by atoms with Gasteiger partial charge in [0.15, 0.2) is 0 Å². The third kappa shape index (κ3) is 2.90. The van der Waals surface area contributed by atoms with Crippen molar-refractivity contribution >= 4 is 11.6 Å². The van der Waals surface area contributed by atoms with E-state index in [0.717, 1.165) is 37.2 Å². The van der Waals surface area contributed by atoms with E-state index in [-0.39, 0.29) is 24.0 Å². The summed E-state index contributed by atoms with van der Waals surface area (Å²) in [6, 6.07) is 26.1. The SMILES string of the molecule is CN(C)c1ccc(C2C(=O)N3CCc4ccccc4C3N3CCc4ccccc4C23)cc1. The Morgan fingerprint density at radius 3 is 2.12 bits per heavy atom. The van der Waals surface area contributed by atoms with Gasteiger partial charge in [-0.3, -0.25) is 9.69 Å². The molecule has 3 aliphatic heterocycles. The standard InChI is InChI=1S/C28H29N3O/c1-29(2)22-13-11-21(12-14-22)25-26-23-9-5-3-7-19(23)15-17-30(26)27-24-10-6-4-8-20(24)16-18-31(27)28(25)32/h3-14,25-27H,15-18H2,1-2H3. The highest BCUT2D eigenvalue weighted by atomic mass is 16.2. The van der Waals surface area contributed by atoms with Crippen LogP contribution in [0.2, 0.25) is 0 Å². The van der Waals surface area contributed by atoms with Gasteiger partial charge in [0.05, 0.1) is 12.0 Å². The fourth-order valence-electron chi connectivity index (χ4n) is 6.01. The van der Waals surface area contributed by atoms with Crippen LogP contribution in [0, 0.1) is 0 Å². The molecular weight excluding hydrogens is 394 g/mol. The summed E-state index contributed by atoms with van der Waals surface area (Å²) in [5.41, 5.74) is 7.66. The molecule has 0 saturated carbocycles. The first kappa shape index (κ1) is 19.6. The van der Waals surface area contributed by atoms with E-state index in [0.29, 0.717) is 0 Å². The Bertz CT molecular complexity index is 1170. The van der Waals surface area contributed by atoms with Crippen LogP contribution in [-0.2, 0) is 17.6 Å². The predicted octanol–water partition coefficient (Wildman–Crippen LogP) is 4.53. The molecule has 0 aliphatic carbocycles. The minimum atomic E-state index is -0.186. The Morgan fingerprint density at radius 1 is 0.781 bits per heavy atom. The van der Waals surface area contributed by atoms with Crippen molar-refractivity contribution in [1.29, 1.82) is 0 Å². The monoisotopic (exact) mass is 423 g/mol. The van der Waals surface area contributed by atoms with E-state index in [2.05, 4.69) is 102 Å². The van der Waals surface area contributed by atoms with Gasteiger partial charge in [0.25, 0.3) is 0 Å². The highest BCUT2D eigenvalue weighted by Gasteiger charge is 2.51. The smallest absolute Gasteiger partial charge is 0.233 e. The molecular formula is C28H29N3O. The maximum absolute atomic E-state index is 14.1. The molecule has 6 rings (SSSR count). The van der Waals surface area contributed by atoms with Gasteiger partial charge in [0.1, 0.15) is 6.17 Å². The molecule has 3 unspecified atom stereocenters. The minimum absolute atomic E-state index is 0.0307. The molecule has 0 radical (unpaired) electrons. The Labute approximate surface area is 190 Å². The summed E-state index contributed by atoms with van der Waals surface area (Å²) in [5.74, 6) is 0.0780. The molecule has 4 nitrogen and oxygen atoms in total. The zero-order valence-corrected chi connectivity index (χ0v) is 18.7. The number of anilines is 1. The number of rotatable bonds is 2. The number of amides is 1. The summed E-state index contributed by atoms with van der Waals surface area (Å²) >= 11 is 0. The van der Waals surface area contributed by atoms with E-state index >= 15 is 0 Å². The molecule has 162 valence electrons. The Kier molecular flexibility index (Phi) is 4.58. The van der Waals surface area contributed by atoms with Crippen LogP contribution in [0.15, 0.2) is 72.8 Å². The fourth-order valence-corrected chi connectivity index (χ4v) is 6.01. The third-order valence-electron chi connectivity index (χ3n) is 7.57. The molecule has 0 aromatic heterocycles. The molecule has 3 heterocycles. The lowest BCUT2D eigenvalue weighted by Crippen LogP contribution is -2.59. The second-order valence-corrected chi connectivity index (χ2v) is 9.45. The molecule has 1 amide bonds. The zero-order chi connectivity index (χ0) is 21.8. The number of hydrogen-bond donors (Lipinski definition) is 0. The molecule has 32 heavy (non-hydrogen) atoms. The molecule has 4 heteroatoms. The molecule has 3 aromatic rings. The van der Waals surface area contributed by atoms with Crippen LogP contribution < -0.4 is 4.90 Å². The van der Waals surface area contributed by atoms with Gasteiger partial charge in [-0.2, -0.15) is 0 Å². The Morgan fingerprint density at radius 2 is 1.41 bits per heavy atom. The van der Waals surface area contributed by atoms with Crippen molar-refractivity contribution in [2.75, 3.05) is 32.1 Å². The molecule has 1 saturated heterocycles. The van der Waals surface area contributed by atoms with E-state index in [1.165, 1.54) is 22.3 Å². The summed E-state index contributed by atoms with van der Waals surface area (Å²) in [4.78, 5) is 21.0. The average molecular weight is 424 g/mol. The van der Waals surface area contributed by atoms with Crippen LogP contribution in [0.4, 0.5) is 5.69 Å². The molecule has 3 atom stereocenters. The van der Waals surface area contributed by atoms with Crippen molar-refractivity contribution in [2.45, 2.75) is 31.0 Å². The number of carbonyl (C=O) groups excluding carboxylic acids is 1. The second-order valence-electron chi connectivity index (χ2n) is 9.45. The maximum atomic E-state index is 14.1. The fraction of sp³-hybridized carbons (Fsp3) is 0.321. The van der Waals surface area contributed by atoms with Gasteiger partial charge in [0, 0.05) is 32.9 Å². The van der Waals surface area contributed by atoms with Gasteiger partial charge >= 0.3 is 0 Å². The van der Waals surface area contributed by atoms with Crippen LogP contribution in [0.3, 0.4) is 0 Å². The van der Waals surface area contributed by atoms with Crippen molar-refractivity contribution in [1.82, 2.24) is 9.80 Å². The average Bonchev–Trinajstić information content (AvgIpc) is 2.84. The molecule has 0 N–H and O–H groups in total. The van der Waals surface area contributed by atoms with Crippen LogP contribution in [-0.4, -0.2) is 42.9 Å². The molecule has 3 aromatic carbocycles. The second kappa shape index (κ2) is 7.49. The highest BCUT2D eigenvalue weighted by Crippen LogP contribution is 2.51. The van der Waals surface area contributed by atoms with E-state index in [4.69, 9.17) is 0 Å². The summed E-state index contributed by atoms with van der Waals surface area (Å²) < 4.78 is 0. The van der Waals surface area contributed by atoms with E-state index in [1.54, 1.807) is 0 Å². The van der Waals surface area contributed by atoms with Gasteiger partial charge in [0.2, 0.25) is 5.91 Å². The minimum Gasteiger partial charge on any atom is -0.378 e. The zero-order valence-electron chi connectivity index (χ0n) is 18.7. The van der Waals surface area contributed by atoms with Crippen molar-refractivity contribution in [3.63, 3.8) is 0 Å².